The van der Waals surface area contributed by atoms with Crippen molar-refractivity contribution < 1.29 is 17.9 Å². The molecule has 1 unspecified atom stereocenters. The van der Waals surface area contributed by atoms with Gasteiger partial charge in [0, 0.05) is 45.3 Å². The van der Waals surface area contributed by atoms with Crippen molar-refractivity contribution >= 4 is 15.7 Å². The monoisotopic (exact) mass is 423 g/mol. The molecule has 2 saturated heterocycles. The van der Waals surface area contributed by atoms with Gasteiger partial charge in [0.2, 0.25) is 5.91 Å². The van der Waals surface area contributed by atoms with E-state index < -0.39 is 9.84 Å². The van der Waals surface area contributed by atoms with Gasteiger partial charge in [-0.2, -0.15) is 0 Å². The van der Waals surface area contributed by atoms with E-state index in [-0.39, 0.29) is 23.5 Å². The third-order valence-corrected chi connectivity index (χ3v) is 7.52. The van der Waals surface area contributed by atoms with Crippen LogP contribution in [-0.4, -0.2) is 92.4 Å². The van der Waals surface area contributed by atoms with Gasteiger partial charge in [0.05, 0.1) is 24.7 Å². The van der Waals surface area contributed by atoms with Crippen LogP contribution in [0.3, 0.4) is 0 Å². The molecule has 8 heteroatoms. The standard InChI is InChI=1S/C21H33N3O4S/c1-3-24(19-9-14-29(26,27)17-19)21(25)16-23-12-10-22(11-13-23)15-18-5-7-20(8-6-18)28-4-2/h5-8,19H,3-4,9-17H2,1-2H3. The molecular formula is C21H33N3O4S. The molecule has 1 aromatic rings. The first kappa shape index (κ1) is 22.1. The van der Waals surface area contributed by atoms with Gasteiger partial charge in [0.1, 0.15) is 5.75 Å². The van der Waals surface area contributed by atoms with Gasteiger partial charge in [0.25, 0.3) is 0 Å². The number of carbonyl (C=O) groups is 1. The Labute approximate surface area is 174 Å². The van der Waals surface area contributed by atoms with Gasteiger partial charge < -0.3 is 9.64 Å². The normalized spacial score (nSPS) is 22.5. The number of amides is 1. The first-order valence-electron chi connectivity index (χ1n) is 10.6. The van der Waals surface area contributed by atoms with Crippen molar-refractivity contribution in [2.24, 2.45) is 0 Å². The molecule has 0 bridgehead atoms. The molecule has 1 amide bonds. The van der Waals surface area contributed by atoms with Gasteiger partial charge >= 0.3 is 0 Å². The third kappa shape index (κ3) is 6.17. The molecular weight excluding hydrogens is 390 g/mol. The molecule has 1 atom stereocenters. The van der Waals surface area contributed by atoms with E-state index in [1.165, 1.54) is 5.56 Å². The number of ether oxygens (including phenoxy) is 1. The number of likely N-dealkylation sites (N-methyl/N-ethyl adjacent to an activating group) is 1. The maximum Gasteiger partial charge on any atom is 0.237 e. The average molecular weight is 424 g/mol. The van der Waals surface area contributed by atoms with Gasteiger partial charge in [-0.25, -0.2) is 8.42 Å². The molecule has 0 N–H and O–H groups in total. The molecule has 162 valence electrons. The largest absolute Gasteiger partial charge is 0.494 e. The zero-order valence-corrected chi connectivity index (χ0v) is 18.4. The first-order chi connectivity index (χ1) is 13.9. The molecule has 0 aromatic heterocycles. The Hall–Kier alpha value is -1.64. The van der Waals surface area contributed by atoms with Crippen molar-refractivity contribution in [1.82, 2.24) is 14.7 Å². The van der Waals surface area contributed by atoms with E-state index in [9.17, 15) is 13.2 Å². The maximum absolute atomic E-state index is 12.8. The lowest BCUT2D eigenvalue weighted by Gasteiger charge is -2.36. The highest BCUT2D eigenvalue weighted by Gasteiger charge is 2.34. The summed E-state index contributed by atoms with van der Waals surface area (Å²) >= 11 is 0. The fourth-order valence-corrected chi connectivity index (χ4v) is 5.89. The van der Waals surface area contributed by atoms with Gasteiger partial charge in [0.15, 0.2) is 9.84 Å². The number of sulfone groups is 1. The second-order valence-corrected chi connectivity index (χ2v) is 10.1. The molecule has 2 heterocycles. The van der Waals surface area contributed by atoms with Crippen molar-refractivity contribution in [2.45, 2.75) is 32.9 Å². The Morgan fingerprint density at radius 2 is 1.76 bits per heavy atom. The van der Waals surface area contributed by atoms with Crippen LogP contribution in [0.5, 0.6) is 5.75 Å². The zero-order valence-electron chi connectivity index (χ0n) is 17.5. The summed E-state index contributed by atoms with van der Waals surface area (Å²) in [6.07, 6.45) is 0.567. The number of hydrogen-bond donors (Lipinski definition) is 0. The summed E-state index contributed by atoms with van der Waals surface area (Å²) < 4.78 is 29.0. The van der Waals surface area contributed by atoms with Gasteiger partial charge in [-0.15, -0.1) is 0 Å². The molecule has 3 rings (SSSR count). The van der Waals surface area contributed by atoms with Crippen molar-refractivity contribution in [3.8, 4) is 5.75 Å². The van der Waals surface area contributed by atoms with E-state index in [4.69, 9.17) is 4.74 Å². The lowest BCUT2D eigenvalue weighted by molar-refractivity contribution is -0.134. The van der Waals surface area contributed by atoms with Crippen molar-refractivity contribution in [1.29, 1.82) is 0 Å². The topological polar surface area (TPSA) is 70.2 Å². The van der Waals surface area contributed by atoms with E-state index in [0.717, 1.165) is 38.5 Å². The lowest BCUT2D eigenvalue weighted by atomic mass is 10.2. The second kappa shape index (κ2) is 9.91. The zero-order chi connectivity index (χ0) is 20.9. The van der Waals surface area contributed by atoms with Gasteiger partial charge in [-0.05, 0) is 38.0 Å². The van der Waals surface area contributed by atoms with Crippen LogP contribution >= 0.6 is 0 Å². The fraction of sp³-hybridized carbons (Fsp3) is 0.667. The molecule has 7 nitrogen and oxygen atoms in total. The minimum absolute atomic E-state index is 0.0505. The SMILES string of the molecule is CCOc1ccc(CN2CCN(CC(=O)N(CC)C3CCS(=O)(=O)C3)CC2)cc1. The predicted octanol–water partition coefficient (Wildman–Crippen LogP) is 1.24. The highest BCUT2D eigenvalue weighted by atomic mass is 32.2. The van der Waals surface area contributed by atoms with Crippen LogP contribution < -0.4 is 4.74 Å². The van der Waals surface area contributed by atoms with Gasteiger partial charge in [-0.3, -0.25) is 14.6 Å². The summed E-state index contributed by atoms with van der Waals surface area (Å²) in [5.41, 5.74) is 1.26. The molecule has 0 spiro atoms. The minimum atomic E-state index is -2.98. The second-order valence-electron chi connectivity index (χ2n) is 7.87. The van der Waals surface area contributed by atoms with Crippen molar-refractivity contribution in [3.63, 3.8) is 0 Å². The summed E-state index contributed by atoms with van der Waals surface area (Å²) in [5, 5.41) is 0. The van der Waals surface area contributed by atoms with Crippen molar-refractivity contribution in [2.75, 3.05) is 57.4 Å². The Morgan fingerprint density at radius 1 is 1.10 bits per heavy atom. The number of hydrogen-bond acceptors (Lipinski definition) is 6. The number of nitrogens with zero attached hydrogens (tertiary/aromatic N) is 3. The van der Waals surface area contributed by atoms with Crippen LogP contribution in [0, 0.1) is 0 Å². The summed E-state index contributed by atoms with van der Waals surface area (Å²) in [6.45, 7) is 9.96. The molecule has 2 fully saturated rings. The van der Waals surface area contributed by atoms with Crippen LogP contribution in [0.4, 0.5) is 0 Å². The minimum Gasteiger partial charge on any atom is -0.494 e. The summed E-state index contributed by atoms with van der Waals surface area (Å²) in [6, 6.07) is 8.08. The van der Waals surface area contributed by atoms with Crippen LogP contribution in [0.25, 0.3) is 0 Å². The Kier molecular flexibility index (Phi) is 7.54. The number of rotatable bonds is 8. The molecule has 29 heavy (non-hydrogen) atoms. The van der Waals surface area contributed by atoms with Crippen LogP contribution in [-0.2, 0) is 21.2 Å². The lowest BCUT2D eigenvalue weighted by Crippen LogP contribution is -2.51. The quantitative estimate of drug-likeness (QED) is 0.627. The van der Waals surface area contributed by atoms with E-state index in [1.807, 2.05) is 26.0 Å². The van der Waals surface area contributed by atoms with E-state index >= 15 is 0 Å². The Balaban J connectivity index is 1.44. The van der Waals surface area contributed by atoms with E-state index in [2.05, 4.69) is 21.9 Å². The Bertz CT molecular complexity index is 774. The van der Waals surface area contributed by atoms with Crippen LogP contribution in [0.2, 0.25) is 0 Å². The highest BCUT2D eigenvalue weighted by molar-refractivity contribution is 7.91. The van der Waals surface area contributed by atoms with Crippen molar-refractivity contribution in [3.05, 3.63) is 29.8 Å². The number of piperazine rings is 1. The molecule has 2 aliphatic rings. The number of carbonyl (C=O) groups excluding carboxylic acids is 1. The molecule has 0 radical (unpaired) electrons. The molecule has 2 aliphatic heterocycles. The highest BCUT2D eigenvalue weighted by Crippen LogP contribution is 2.19. The van der Waals surface area contributed by atoms with Crippen LogP contribution in [0.15, 0.2) is 24.3 Å². The number of benzene rings is 1. The van der Waals surface area contributed by atoms with E-state index in [1.54, 1.807) is 4.90 Å². The first-order valence-corrected chi connectivity index (χ1v) is 12.4. The molecule has 1 aromatic carbocycles. The third-order valence-electron chi connectivity index (χ3n) is 5.77. The van der Waals surface area contributed by atoms with E-state index in [0.29, 0.717) is 26.1 Å². The fourth-order valence-electron chi connectivity index (χ4n) is 4.16. The van der Waals surface area contributed by atoms with Gasteiger partial charge in [-0.1, -0.05) is 12.1 Å². The predicted molar refractivity (Wildman–Crippen MR) is 114 cm³/mol. The summed E-state index contributed by atoms with van der Waals surface area (Å²) in [4.78, 5) is 19.1. The maximum atomic E-state index is 12.8. The molecule has 0 aliphatic carbocycles. The Morgan fingerprint density at radius 3 is 2.31 bits per heavy atom. The summed E-state index contributed by atoms with van der Waals surface area (Å²) in [7, 11) is -2.98. The average Bonchev–Trinajstić information content (AvgIpc) is 3.05. The molecule has 0 saturated carbocycles. The van der Waals surface area contributed by atoms with Crippen LogP contribution in [0.1, 0.15) is 25.8 Å². The summed E-state index contributed by atoms with van der Waals surface area (Å²) in [5.74, 6) is 1.26. The smallest absolute Gasteiger partial charge is 0.237 e.